The molecule has 2 aliphatic heterocycles. The van der Waals surface area contributed by atoms with E-state index < -0.39 is 0 Å². The second kappa shape index (κ2) is 22.7. The zero-order chi connectivity index (χ0) is 20.6. The summed E-state index contributed by atoms with van der Waals surface area (Å²) in [6.07, 6.45) is 20.5. The molecule has 2 rings (SSSR count). The monoisotopic (exact) mass is 498 g/mol. The Morgan fingerprint density at radius 1 is 0.688 bits per heavy atom. The van der Waals surface area contributed by atoms with Gasteiger partial charge in [0, 0.05) is 6.42 Å². The van der Waals surface area contributed by atoms with Crippen molar-refractivity contribution < 1.29 is 49.6 Å². The van der Waals surface area contributed by atoms with E-state index in [1.165, 1.54) is 116 Å². The second-order valence-corrected chi connectivity index (χ2v) is 9.72. The Kier molecular flexibility index (Phi) is 24.2. The van der Waals surface area contributed by atoms with Crippen LogP contribution in [0.25, 0.3) is 0 Å². The van der Waals surface area contributed by atoms with E-state index in [9.17, 15) is 4.79 Å². The van der Waals surface area contributed by atoms with Gasteiger partial charge in [-0.3, -0.25) is 4.79 Å². The fourth-order valence-electron chi connectivity index (χ4n) is 5.14. The molecule has 5 nitrogen and oxygen atoms in total. The molecule has 7 heteroatoms. The maximum atomic E-state index is 12.5. The first-order chi connectivity index (χ1) is 14.3. The van der Waals surface area contributed by atoms with Crippen LogP contribution in [0.5, 0.6) is 0 Å². The van der Waals surface area contributed by atoms with Gasteiger partial charge in [-0.15, -0.1) is 0 Å². The first-order valence-electron chi connectivity index (χ1n) is 13.1. The molecule has 2 saturated heterocycles. The van der Waals surface area contributed by atoms with E-state index in [0.717, 1.165) is 19.5 Å². The fraction of sp³-hybridized carbons (Fsp3) is 0.960. The molecule has 0 aromatic rings. The molecule has 0 saturated carbocycles. The number of ether oxygens (including phenoxy) is 1. The maximum absolute atomic E-state index is 12.5. The summed E-state index contributed by atoms with van der Waals surface area (Å²) in [5.74, 6) is 0.0609. The summed E-state index contributed by atoms with van der Waals surface area (Å²) in [5, 5.41) is 0. The number of nitrogens with one attached hydrogen (secondary N) is 2. The number of rotatable bonds is 15. The molecule has 0 bridgehead atoms. The minimum atomic E-state index is 0. The highest BCUT2D eigenvalue weighted by molar-refractivity contribution is 5.69. The Balaban J connectivity index is 0. The van der Waals surface area contributed by atoms with Gasteiger partial charge in [0.2, 0.25) is 0 Å². The Bertz CT molecular complexity index is 398. The van der Waals surface area contributed by atoms with Crippen molar-refractivity contribution in [2.75, 3.05) is 39.3 Å². The van der Waals surface area contributed by atoms with Gasteiger partial charge in [0.25, 0.3) is 0 Å². The summed E-state index contributed by atoms with van der Waals surface area (Å²) in [6.45, 7) is 9.40. The third-order valence-electron chi connectivity index (χ3n) is 6.94. The lowest BCUT2D eigenvalue weighted by atomic mass is 10.1. The zero-order valence-corrected chi connectivity index (χ0v) is 22.2. The molecule has 0 atom stereocenters. The molecule has 0 aromatic heterocycles. The standard InChI is InChI=1S/C25H48N2O2.2ClH.H2O/c1-2-3-4-5-6-7-8-9-12-17-25(28)29-24(22-26-18-13-10-14-19-26)23-27-20-15-11-16-21-27;;;/h24H,2-23H2,1H3;2*1H;1H2. The summed E-state index contributed by atoms with van der Waals surface area (Å²) in [5.41, 5.74) is 0. The molecule has 0 aliphatic carbocycles. The summed E-state index contributed by atoms with van der Waals surface area (Å²) in [6, 6.07) is 0. The van der Waals surface area contributed by atoms with E-state index >= 15 is 0 Å². The van der Waals surface area contributed by atoms with E-state index in [4.69, 9.17) is 4.74 Å². The largest absolute Gasteiger partial charge is 1.00 e. The lowest BCUT2D eigenvalue weighted by molar-refractivity contribution is -0.929. The molecule has 32 heavy (non-hydrogen) atoms. The highest BCUT2D eigenvalue weighted by Crippen LogP contribution is 2.11. The molecular weight excluding hydrogens is 447 g/mol. The number of esters is 1. The van der Waals surface area contributed by atoms with Crippen molar-refractivity contribution in [2.24, 2.45) is 0 Å². The fourth-order valence-corrected chi connectivity index (χ4v) is 5.14. The molecule has 194 valence electrons. The Hall–Kier alpha value is -0.0700. The van der Waals surface area contributed by atoms with E-state index in [1.807, 2.05) is 0 Å². The summed E-state index contributed by atoms with van der Waals surface area (Å²) < 4.78 is 6.05. The molecule has 0 amide bonds. The molecule has 0 spiro atoms. The smallest absolute Gasteiger partial charge is 0.306 e. The van der Waals surface area contributed by atoms with Crippen LogP contribution in [0.15, 0.2) is 0 Å². The highest BCUT2D eigenvalue weighted by Gasteiger charge is 2.27. The SMILES string of the molecule is CCCCCCCCCCCC(=O)OC(C[NH+]1CCCCC1)C[NH+]1CCCCC1.O.[Cl-].[Cl-]. The number of quaternary nitrogens is 2. The van der Waals surface area contributed by atoms with Crippen molar-refractivity contribution in [3.8, 4) is 0 Å². The predicted molar refractivity (Wildman–Crippen MR) is 124 cm³/mol. The second-order valence-electron chi connectivity index (χ2n) is 9.72. The highest BCUT2D eigenvalue weighted by atomic mass is 35.5. The van der Waals surface area contributed by atoms with Crippen molar-refractivity contribution in [2.45, 2.75) is 116 Å². The van der Waals surface area contributed by atoms with Crippen LogP contribution in [-0.2, 0) is 9.53 Å². The van der Waals surface area contributed by atoms with Crippen molar-refractivity contribution in [1.82, 2.24) is 0 Å². The van der Waals surface area contributed by atoms with Gasteiger partial charge in [-0.25, -0.2) is 0 Å². The number of carbonyl (C=O) groups excluding carboxylic acids is 1. The number of unbranched alkanes of at least 4 members (excludes halogenated alkanes) is 8. The minimum absolute atomic E-state index is 0. The number of likely N-dealkylation sites (tertiary alicyclic amines) is 2. The zero-order valence-electron chi connectivity index (χ0n) is 20.7. The lowest BCUT2D eigenvalue weighted by Crippen LogP contribution is -3.17. The Morgan fingerprint density at radius 3 is 1.53 bits per heavy atom. The van der Waals surface area contributed by atoms with E-state index in [2.05, 4.69) is 6.92 Å². The molecule has 2 aliphatic rings. The average molecular weight is 500 g/mol. The van der Waals surface area contributed by atoms with Crippen LogP contribution in [0.2, 0.25) is 0 Å². The topological polar surface area (TPSA) is 66.7 Å². The van der Waals surface area contributed by atoms with Crippen LogP contribution in [0.4, 0.5) is 0 Å². The van der Waals surface area contributed by atoms with Gasteiger partial charge in [-0.05, 0) is 44.9 Å². The summed E-state index contributed by atoms with van der Waals surface area (Å²) >= 11 is 0. The number of hydrogen-bond donors (Lipinski definition) is 2. The van der Waals surface area contributed by atoms with Crippen molar-refractivity contribution >= 4 is 5.97 Å². The molecule has 2 heterocycles. The van der Waals surface area contributed by atoms with Crippen molar-refractivity contribution in [1.29, 1.82) is 0 Å². The Morgan fingerprint density at radius 2 is 1.09 bits per heavy atom. The quantitative estimate of drug-likeness (QED) is 0.179. The summed E-state index contributed by atoms with van der Waals surface area (Å²) in [7, 11) is 0. The van der Waals surface area contributed by atoms with Gasteiger partial charge in [0.05, 0.1) is 26.2 Å². The van der Waals surface area contributed by atoms with Crippen molar-refractivity contribution in [3.63, 3.8) is 0 Å². The molecule has 2 fully saturated rings. The van der Waals surface area contributed by atoms with E-state index in [0.29, 0.717) is 6.42 Å². The molecule has 0 unspecified atom stereocenters. The van der Waals surface area contributed by atoms with Gasteiger partial charge < -0.3 is 44.8 Å². The van der Waals surface area contributed by atoms with Crippen LogP contribution in [0.3, 0.4) is 0 Å². The van der Waals surface area contributed by atoms with Gasteiger partial charge in [0.15, 0.2) is 6.10 Å². The van der Waals surface area contributed by atoms with Crippen molar-refractivity contribution in [3.05, 3.63) is 0 Å². The van der Waals surface area contributed by atoms with Crippen LogP contribution in [0, 0.1) is 0 Å². The molecule has 4 N–H and O–H groups in total. The van der Waals surface area contributed by atoms with E-state index in [1.54, 1.807) is 9.80 Å². The third kappa shape index (κ3) is 16.5. The van der Waals surface area contributed by atoms with Gasteiger partial charge in [-0.1, -0.05) is 58.3 Å². The average Bonchev–Trinajstić information content (AvgIpc) is 2.74. The number of halogens is 2. The summed E-state index contributed by atoms with van der Waals surface area (Å²) in [4.78, 5) is 15.8. The number of hydrogen-bond acceptors (Lipinski definition) is 2. The van der Waals surface area contributed by atoms with E-state index in [-0.39, 0.29) is 42.4 Å². The number of carbonyl (C=O) groups is 1. The predicted octanol–water partition coefficient (Wildman–Crippen LogP) is -3.86. The first kappa shape index (κ1) is 34.1. The van der Waals surface area contributed by atoms with Crippen LogP contribution < -0.4 is 34.6 Å². The maximum Gasteiger partial charge on any atom is 0.306 e. The lowest BCUT2D eigenvalue weighted by Gasteiger charge is -2.31. The Labute approximate surface area is 210 Å². The van der Waals surface area contributed by atoms with Gasteiger partial charge in [-0.2, -0.15) is 0 Å². The van der Waals surface area contributed by atoms with Gasteiger partial charge in [0.1, 0.15) is 13.1 Å². The van der Waals surface area contributed by atoms with Crippen LogP contribution >= 0.6 is 0 Å². The molecule has 0 aromatic carbocycles. The molecular formula is C25H52Cl2N2O3. The van der Waals surface area contributed by atoms with Gasteiger partial charge >= 0.3 is 5.97 Å². The normalized spacial score (nSPS) is 17.2. The van der Waals surface area contributed by atoms with Crippen LogP contribution in [0.1, 0.15) is 110 Å². The third-order valence-corrected chi connectivity index (χ3v) is 6.94. The number of piperidine rings is 2. The first-order valence-corrected chi connectivity index (χ1v) is 13.1. The minimum Gasteiger partial charge on any atom is -1.00 e. The molecule has 0 radical (unpaired) electrons. The van der Waals surface area contributed by atoms with Crippen LogP contribution in [-0.4, -0.2) is 56.8 Å².